The van der Waals surface area contributed by atoms with Gasteiger partial charge in [0.1, 0.15) is 17.4 Å². The molecule has 0 spiro atoms. The summed E-state index contributed by atoms with van der Waals surface area (Å²) in [6.07, 6.45) is 4.39. The van der Waals surface area contributed by atoms with E-state index < -0.39 is 38.0 Å². The number of ether oxygens (including phenoxy) is 1. The largest absolute Gasteiger partial charge is 0.496 e. The SMILES string of the molecule is CCCCc1nc(O)c(S(=O)(=O)c2ccc(-c3cncc(F)c3)cc2)c(=O)n1[C@@H](C)c1ccccc1OC. The monoisotopic (exact) mass is 537 g/mol. The highest BCUT2D eigenvalue weighted by atomic mass is 32.2. The fourth-order valence-corrected chi connectivity index (χ4v) is 5.70. The third-order valence-electron chi connectivity index (χ3n) is 6.33. The summed E-state index contributed by atoms with van der Waals surface area (Å²) in [5.74, 6) is -0.556. The van der Waals surface area contributed by atoms with Crippen LogP contribution in [0, 0.1) is 5.82 Å². The molecule has 0 aliphatic rings. The maximum Gasteiger partial charge on any atom is 0.277 e. The summed E-state index contributed by atoms with van der Waals surface area (Å²) in [4.78, 5) is 20.8. The van der Waals surface area contributed by atoms with Crippen molar-refractivity contribution >= 4 is 9.84 Å². The number of aryl methyl sites for hydroxylation is 1. The summed E-state index contributed by atoms with van der Waals surface area (Å²) in [5, 5.41) is 10.7. The van der Waals surface area contributed by atoms with E-state index in [0.29, 0.717) is 35.3 Å². The quantitative estimate of drug-likeness (QED) is 0.322. The topological polar surface area (TPSA) is 111 Å². The van der Waals surface area contributed by atoms with Gasteiger partial charge in [-0.15, -0.1) is 0 Å². The number of unbranched alkanes of at least 4 members (excludes halogenated alkanes) is 1. The molecule has 0 bridgehead atoms. The van der Waals surface area contributed by atoms with Crippen LogP contribution in [0.2, 0.25) is 0 Å². The van der Waals surface area contributed by atoms with Crippen molar-refractivity contribution in [2.45, 2.75) is 48.9 Å². The standard InChI is InChI=1S/C28H28FN3O5S/c1-4-5-10-25-31-27(33)26(28(34)32(25)18(2)23-8-6-7-9-24(23)37-3)38(35,36)22-13-11-19(12-14-22)20-15-21(29)17-30-16-20/h6-9,11-18,33H,4-5,10H2,1-3H3/t18-/m0/s1. The Bertz CT molecular complexity index is 1620. The molecule has 0 aliphatic heterocycles. The van der Waals surface area contributed by atoms with E-state index >= 15 is 0 Å². The molecule has 198 valence electrons. The number of hydrogen-bond acceptors (Lipinski definition) is 7. The number of aromatic hydroxyl groups is 1. The van der Waals surface area contributed by atoms with E-state index in [9.17, 15) is 22.7 Å². The average molecular weight is 538 g/mol. The molecule has 2 aromatic heterocycles. The van der Waals surface area contributed by atoms with Gasteiger partial charge < -0.3 is 9.84 Å². The zero-order valence-electron chi connectivity index (χ0n) is 21.3. The summed E-state index contributed by atoms with van der Waals surface area (Å²) in [6.45, 7) is 3.74. The van der Waals surface area contributed by atoms with Gasteiger partial charge >= 0.3 is 0 Å². The Balaban J connectivity index is 1.85. The maximum absolute atomic E-state index is 13.8. The molecule has 8 nitrogen and oxygen atoms in total. The Morgan fingerprint density at radius 3 is 2.45 bits per heavy atom. The summed E-state index contributed by atoms with van der Waals surface area (Å²) in [6, 6.07) is 13.4. The fraction of sp³-hybridized carbons (Fsp3) is 0.250. The second-order valence-corrected chi connectivity index (χ2v) is 10.7. The Kier molecular flexibility index (Phi) is 7.91. The molecule has 0 fully saturated rings. The number of benzene rings is 2. The lowest BCUT2D eigenvalue weighted by Crippen LogP contribution is -2.33. The minimum atomic E-state index is -4.47. The van der Waals surface area contributed by atoms with E-state index in [-0.39, 0.29) is 10.7 Å². The first-order valence-corrected chi connectivity index (χ1v) is 13.6. The van der Waals surface area contributed by atoms with Crippen LogP contribution in [-0.4, -0.2) is 35.2 Å². The molecule has 1 N–H and O–H groups in total. The first-order valence-electron chi connectivity index (χ1n) is 12.1. The van der Waals surface area contributed by atoms with Crippen LogP contribution in [0.1, 0.15) is 44.1 Å². The highest BCUT2D eigenvalue weighted by molar-refractivity contribution is 7.91. The van der Waals surface area contributed by atoms with Crippen molar-refractivity contribution in [3.63, 3.8) is 0 Å². The van der Waals surface area contributed by atoms with Gasteiger partial charge in [0, 0.05) is 23.7 Å². The van der Waals surface area contributed by atoms with E-state index in [2.05, 4.69) is 9.97 Å². The third-order valence-corrected chi connectivity index (χ3v) is 8.12. The first kappa shape index (κ1) is 27.0. The van der Waals surface area contributed by atoms with E-state index in [1.165, 1.54) is 48.2 Å². The molecule has 10 heteroatoms. The van der Waals surface area contributed by atoms with Crippen LogP contribution in [0.15, 0.2) is 81.6 Å². The molecule has 0 unspecified atom stereocenters. The van der Waals surface area contributed by atoms with Gasteiger partial charge in [-0.2, -0.15) is 4.98 Å². The minimum absolute atomic E-state index is 0.211. The molecule has 4 aromatic rings. The van der Waals surface area contributed by atoms with Crippen molar-refractivity contribution in [1.29, 1.82) is 0 Å². The van der Waals surface area contributed by atoms with Gasteiger partial charge in [-0.05, 0) is 43.2 Å². The van der Waals surface area contributed by atoms with Gasteiger partial charge in [-0.25, -0.2) is 12.8 Å². The van der Waals surface area contributed by atoms with E-state index in [1.807, 2.05) is 6.92 Å². The molecule has 2 aromatic carbocycles. The molecule has 4 rings (SSSR count). The number of methoxy groups -OCH3 is 1. The van der Waals surface area contributed by atoms with E-state index in [4.69, 9.17) is 4.74 Å². The predicted octanol–water partition coefficient (Wildman–Crippen LogP) is 4.94. The van der Waals surface area contributed by atoms with Crippen molar-refractivity contribution in [1.82, 2.24) is 14.5 Å². The number of aromatic nitrogens is 3. The van der Waals surface area contributed by atoms with Gasteiger partial charge in [-0.3, -0.25) is 14.3 Å². The molecule has 0 aliphatic carbocycles. The lowest BCUT2D eigenvalue weighted by Gasteiger charge is -2.22. The third kappa shape index (κ3) is 5.17. The minimum Gasteiger partial charge on any atom is -0.496 e. The van der Waals surface area contributed by atoms with Crippen LogP contribution in [0.5, 0.6) is 11.6 Å². The Morgan fingerprint density at radius 2 is 1.79 bits per heavy atom. The summed E-state index contributed by atoms with van der Waals surface area (Å²) in [5.41, 5.74) is 0.793. The van der Waals surface area contributed by atoms with E-state index in [0.717, 1.165) is 12.6 Å². The van der Waals surface area contributed by atoms with E-state index in [1.54, 1.807) is 31.2 Å². The van der Waals surface area contributed by atoms with Crippen molar-refractivity contribution in [3.8, 4) is 22.8 Å². The number of rotatable bonds is 9. The number of sulfone groups is 1. The summed E-state index contributed by atoms with van der Waals surface area (Å²) < 4.78 is 47.6. The second kappa shape index (κ2) is 11.1. The predicted molar refractivity (Wildman–Crippen MR) is 141 cm³/mol. The Morgan fingerprint density at radius 1 is 1.08 bits per heavy atom. The summed E-state index contributed by atoms with van der Waals surface area (Å²) >= 11 is 0. The smallest absolute Gasteiger partial charge is 0.277 e. The molecule has 1 atom stereocenters. The van der Waals surface area contributed by atoms with Crippen molar-refractivity contribution < 1.29 is 22.7 Å². The van der Waals surface area contributed by atoms with Gasteiger partial charge in [0.2, 0.25) is 15.7 Å². The summed E-state index contributed by atoms with van der Waals surface area (Å²) in [7, 11) is -2.95. The van der Waals surface area contributed by atoms with Crippen LogP contribution in [0.3, 0.4) is 0 Å². The zero-order valence-corrected chi connectivity index (χ0v) is 22.1. The zero-order chi connectivity index (χ0) is 27.4. The Hall–Kier alpha value is -4.05. The van der Waals surface area contributed by atoms with Crippen LogP contribution in [0.25, 0.3) is 11.1 Å². The number of halogens is 1. The molecule has 2 heterocycles. The average Bonchev–Trinajstić information content (AvgIpc) is 2.91. The van der Waals surface area contributed by atoms with Gasteiger partial charge in [-0.1, -0.05) is 43.7 Å². The lowest BCUT2D eigenvalue weighted by molar-refractivity contribution is 0.394. The fourth-order valence-electron chi connectivity index (χ4n) is 4.36. The van der Waals surface area contributed by atoms with Gasteiger partial charge in [0.15, 0.2) is 4.90 Å². The number of pyridine rings is 1. The Labute approximate surface area is 220 Å². The van der Waals surface area contributed by atoms with Crippen LogP contribution >= 0.6 is 0 Å². The molecule has 38 heavy (non-hydrogen) atoms. The van der Waals surface area contributed by atoms with Crippen LogP contribution < -0.4 is 10.3 Å². The number of hydrogen-bond donors (Lipinski definition) is 1. The van der Waals surface area contributed by atoms with Crippen molar-refractivity contribution in [3.05, 3.63) is 94.5 Å². The van der Waals surface area contributed by atoms with Gasteiger partial charge in [0.05, 0.1) is 24.2 Å². The molecule has 0 saturated heterocycles. The highest BCUT2D eigenvalue weighted by Crippen LogP contribution is 2.31. The second-order valence-electron chi connectivity index (χ2n) is 8.80. The normalized spacial score (nSPS) is 12.3. The molecular weight excluding hydrogens is 509 g/mol. The lowest BCUT2D eigenvalue weighted by atomic mass is 10.1. The van der Waals surface area contributed by atoms with Crippen molar-refractivity contribution in [2.24, 2.45) is 0 Å². The number of nitrogens with zero attached hydrogens (tertiary/aromatic N) is 3. The number of para-hydroxylation sites is 1. The van der Waals surface area contributed by atoms with Gasteiger partial charge in [0.25, 0.3) is 5.56 Å². The first-order chi connectivity index (χ1) is 18.2. The molecule has 0 amide bonds. The molecule has 0 radical (unpaired) electrons. The molecule has 0 saturated carbocycles. The van der Waals surface area contributed by atoms with Crippen LogP contribution in [-0.2, 0) is 16.3 Å². The highest BCUT2D eigenvalue weighted by Gasteiger charge is 2.31. The molecular formula is C28H28FN3O5S. The van der Waals surface area contributed by atoms with Crippen LogP contribution in [0.4, 0.5) is 4.39 Å². The van der Waals surface area contributed by atoms with Crippen molar-refractivity contribution in [2.75, 3.05) is 7.11 Å². The maximum atomic E-state index is 13.8.